The minimum absolute atomic E-state index is 0.0364. The smallest absolute Gasteiger partial charge is 0.0541 e. The molecule has 0 fully saturated rings. The maximum Gasteiger partial charge on any atom is 0.0541 e. The lowest BCUT2D eigenvalue weighted by Crippen LogP contribution is -2.16. The molecule has 320 valence electrons. The van der Waals surface area contributed by atoms with Gasteiger partial charge < -0.3 is 9.47 Å². The van der Waals surface area contributed by atoms with Crippen molar-refractivity contribution in [1.29, 1.82) is 0 Å². The van der Waals surface area contributed by atoms with Gasteiger partial charge in [-0.25, -0.2) is 0 Å². The zero-order chi connectivity index (χ0) is 45.1. The van der Waals surface area contributed by atoms with Gasteiger partial charge in [-0.05, 0) is 137 Å². The molecule has 0 aliphatic carbocycles. The Hall–Kier alpha value is -6.38. The van der Waals surface area contributed by atoms with Gasteiger partial charge in [0.1, 0.15) is 0 Å². The van der Waals surface area contributed by atoms with Gasteiger partial charge in [0.25, 0.3) is 0 Å². The van der Waals surface area contributed by atoms with E-state index in [4.69, 9.17) is 0 Å². The van der Waals surface area contributed by atoms with Crippen LogP contribution in [0.25, 0.3) is 70.9 Å². The van der Waals surface area contributed by atoms with Crippen LogP contribution in [0.15, 0.2) is 158 Å². The maximum absolute atomic E-state index is 2.53. The van der Waals surface area contributed by atoms with Crippen molar-refractivity contribution >= 4 is 71.2 Å². The second-order valence-corrected chi connectivity index (χ2v) is 22.4. The van der Waals surface area contributed by atoms with Crippen LogP contribution in [0.3, 0.4) is 0 Å². The quantitative estimate of drug-likeness (QED) is 0.157. The predicted molar refractivity (Wildman–Crippen MR) is 279 cm³/mol. The molecular formula is C62H62N2. The fraction of sp³-hybridized carbons (Fsp3) is 0.258. The number of aromatic nitrogens is 1. The van der Waals surface area contributed by atoms with E-state index in [1.165, 1.54) is 98.9 Å². The molecule has 10 aromatic rings. The Morgan fingerprint density at radius 2 is 0.844 bits per heavy atom. The third kappa shape index (κ3) is 7.03. The van der Waals surface area contributed by atoms with E-state index in [1.54, 1.807) is 0 Å². The van der Waals surface area contributed by atoms with Crippen molar-refractivity contribution in [3.63, 3.8) is 0 Å². The highest BCUT2D eigenvalue weighted by molar-refractivity contribution is 6.27. The van der Waals surface area contributed by atoms with Crippen molar-refractivity contribution in [2.45, 2.75) is 105 Å². The van der Waals surface area contributed by atoms with Gasteiger partial charge in [-0.15, -0.1) is 0 Å². The zero-order valence-electron chi connectivity index (χ0n) is 39.9. The van der Waals surface area contributed by atoms with Gasteiger partial charge in [0.05, 0.1) is 22.4 Å². The fourth-order valence-electron chi connectivity index (χ4n) is 9.88. The van der Waals surface area contributed by atoms with Crippen LogP contribution in [0.5, 0.6) is 0 Å². The molecule has 0 amide bonds. The van der Waals surface area contributed by atoms with Gasteiger partial charge in [-0.3, -0.25) is 0 Å². The Labute approximate surface area is 380 Å². The first-order chi connectivity index (χ1) is 30.3. The number of fused-ring (bicyclic) bond motifs is 3. The first-order valence-corrected chi connectivity index (χ1v) is 23.2. The normalized spacial score (nSPS) is 13.0. The third-order valence-electron chi connectivity index (χ3n) is 13.7. The fourth-order valence-corrected chi connectivity index (χ4v) is 9.88. The first-order valence-electron chi connectivity index (χ1n) is 23.2. The molecular weight excluding hydrogens is 773 g/mol. The van der Waals surface area contributed by atoms with Crippen LogP contribution in [-0.2, 0) is 21.7 Å². The van der Waals surface area contributed by atoms with Gasteiger partial charge in [-0.1, -0.05) is 180 Å². The summed E-state index contributed by atoms with van der Waals surface area (Å²) in [7, 11) is 0. The average Bonchev–Trinajstić information content (AvgIpc) is 3.58. The molecule has 0 bridgehead atoms. The summed E-state index contributed by atoms with van der Waals surface area (Å²) >= 11 is 0. The maximum atomic E-state index is 2.53. The molecule has 0 N–H and O–H groups in total. The lowest BCUT2D eigenvalue weighted by molar-refractivity contribution is 0.590. The van der Waals surface area contributed by atoms with E-state index >= 15 is 0 Å². The van der Waals surface area contributed by atoms with Crippen molar-refractivity contribution in [3.8, 4) is 16.8 Å². The molecule has 0 unspecified atom stereocenters. The minimum Gasteiger partial charge on any atom is -0.310 e. The second kappa shape index (κ2) is 14.6. The molecule has 0 spiro atoms. The Kier molecular flexibility index (Phi) is 9.48. The molecule has 1 aromatic heterocycles. The lowest BCUT2D eigenvalue weighted by atomic mass is 9.84. The predicted octanol–water partition coefficient (Wildman–Crippen LogP) is 18.0. The van der Waals surface area contributed by atoms with Crippen LogP contribution in [0.2, 0.25) is 0 Å². The molecule has 0 aliphatic heterocycles. The van der Waals surface area contributed by atoms with Crippen molar-refractivity contribution < 1.29 is 0 Å². The van der Waals surface area contributed by atoms with Crippen LogP contribution in [0.1, 0.15) is 105 Å². The van der Waals surface area contributed by atoms with Crippen LogP contribution in [-0.4, -0.2) is 4.57 Å². The van der Waals surface area contributed by atoms with E-state index in [1.807, 2.05) is 0 Å². The first kappa shape index (κ1) is 41.6. The van der Waals surface area contributed by atoms with Crippen LogP contribution < -0.4 is 4.90 Å². The molecule has 0 aliphatic rings. The number of anilines is 3. The van der Waals surface area contributed by atoms with E-state index in [-0.39, 0.29) is 21.7 Å². The lowest BCUT2D eigenvalue weighted by Gasteiger charge is -2.31. The Balaban J connectivity index is 1.25. The van der Waals surface area contributed by atoms with Crippen LogP contribution in [0.4, 0.5) is 17.1 Å². The molecule has 0 saturated heterocycles. The summed E-state index contributed by atoms with van der Waals surface area (Å²) in [6.07, 6.45) is 0. The number of rotatable bonds is 5. The summed E-state index contributed by atoms with van der Waals surface area (Å²) < 4.78 is 2.53. The number of nitrogens with zero attached hydrogens (tertiary/aromatic N) is 2. The molecule has 1 heterocycles. The van der Waals surface area contributed by atoms with Crippen LogP contribution >= 0.6 is 0 Å². The molecule has 10 rings (SSSR count). The highest BCUT2D eigenvalue weighted by Crippen LogP contribution is 2.48. The molecule has 0 saturated carbocycles. The van der Waals surface area contributed by atoms with E-state index in [0.717, 1.165) is 11.4 Å². The summed E-state index contributed by atoms with van der Waals surface area (Å²) in [6.45, 7) is 27.7. The minimum atomic E-state index is -0.0597. The van der Waals surface area contributed by atoms with Crippen molar-refractivity contribution in [3.05, 3.63) is 180 Å². The highest BCUT2D eigenvalue weighted by atomic mass is 15.1. The monoisotopic (exact) mass is 834 g/mol. The van der Waals surface area contributed by atoms with Gasteiger partial charge in [0.15, 0.2) is 0 Å². The van der Waals surface area contributed by atoms with Gasteiger partial charge in [0.2, 0.25) is 0 Å². The van der Waals surface area contributed by atoms with Crippen molar-refractivity contribution in [2.75, 3.05) is 4.90 Å². The molecule has 2 heteroatoms. The zero-order valence-corrected chi connectivity index (χ0v) is 39.9. The van der Waals surface area contributed by atoms with Gasteiger partial charge in [0, 0.05) is 32.9 Å². The van der Waals surface area contributed by atoms with E-state index in [0.29, 0.717) is 0 Å². The standard InChI is InChI=1S/C62H62N2/c1-59(2,3)43-22-26-47(27-23-43)63(48-35-42(39-16-14-13-15-17-39)34-46(36-48)62(10,11)12)53-30-20-40-19-29-50-54(31-21-41-18-28-49(53)57(40)58(41)50)64-55-32-24-44(60(4,5)6)37-51(55)52-38-45(61(7,8)9)25-33-56(52)64/h13-38H,1-12H3. The van der Waals surface area contributed by atoms with E-state index in [9.17, 15) is 0 Å². The van der Waals surface area contributed by atoms with Crippen molar-refractivity contribution in [1.82, 2.24) is 4.57 Å². The third-order valence-corrected chi connectivity index (χ3v) is 13.7. The number of hydrogen-bond acceptors (Lipinski definition) is 1. The summed E-state index contributed by atoms with van der Waals surface area (Å²) in [5.74, 6) is 0. The Morgan fingerprint density at radius 3 is 1.41 bits per heavy atom. The van der Waals surface area contributed by atoms with Crippen LogP contribution in [0, 0.1) is 0 Å². The van der Waals surface area contributed by atoms with E-state index < -0.39 is 0 Å². The molecule has 9 aromatic carbocycles. The second-order valence-electron chi connectivity index (χ2n) is 22.4. The molecule has 0 radical (unpaired) electrons. The van der Waals surface area contributed by atoms with Crippen molar-refractivity contribution in [2.24, 2.45) is 0 Å². The SMILES string of the molecule is CC(C)(C)c1ccc(N(c2cc(-c3ccccc3)cc(C(C)(C)C)c2)c2ccc3ccc4c(-n5c6ccc(C(C)(C)C)cc6c6cc(C(C)(C)C)ccc65)ccc5ccc2c3c54)cc1. The average molecular weight is 835 g/mol. The largest absolute Gasteiger partial charge is 0.310 e. The topological polar surface area (TPSA) is 8.17 Å². The number of benzene rings is 9. The Morgan fingerprint density at radius 1 is 0.344 bits per heavy atom. The summed E-state index contributed by atoms with van der Waals surface area (Å²) in [5, 5.41) is 10.2. The molecule has 0 atom stereocenters. The summed E-state index contributed by atoms with van der Waals surface area (Å²) in [4.78, 5) is 2.51. The molecule has 64 heavy (non-hydrogen) atoms. The van der Waals surface area contributed by atoms with E-state index in [2.05, 4.69) is 250 Å². The highest BCUT2D eigenvalue weighted by Gasteiger charge is 2.26. The Bertz CT molecular complexity index is 3320. The molecule has 2 nitrogen and oxygen atoms in total. The summed E-state index contributed by atoms with van der Waals surface area (Å²) in [5.41, 5.74) is 15.0. The summed E-state index contributed by atoms with van der Waals surface area (Å²) in [6, 6.07) is 60.4. The number of hydrogen-bond donors (Lipinski definition) is 0. The van der Waals surface area contributed by atoms with Gasteiger partial charge in [-0.2, -0.15) is 0 Å². The van der Waals surface area contributed by atoms with Gasteiger partial charge >= 0.3 is 0 Å².